The number of halogens is 3. The topological polar surface area (TPSA) is 49.6 Å². The van der Waals surface area contributed by atoms with Crippen molar-refractivity contribution in [2.75, 3.05) is 5.32 Å². The predicted octanol–water partition coefficient (Wildman–Crippen LogP) is 3.62. The van der Waals surface area contributed by atoms with Gasteiger partial charge in [0.05, 0.1) is 23.7 Å². The summed E-state index contributed by atoms with van der Waals surface area (Å²) in [6.45, 7) is 0. The molecule has 0 aliphatic rings. The number of rotatable bonds is 3. The summed E-state index contributed by atoms with van der Waals surface area (Å²) >= 11 is 4.88. The summed E-state index contributed by atoms with van der Waals surface area (Å²) in [5.41, 5.74) is 1.47. The Morgan fingerprint density at radius 3 is 2.62 bits per heavy atom. The molecule has 0 amide bonds. The molecule has 1 heterocycles. The van der Waals surface area contributed by atoms with Crippen molar-refractivity contribution >= 4 is 29.2 Å². The second kappa shape index (κ2) is 6.40. The van der Waals surface area contributed by atoms with Crippen molar-refractivity contribution in [1.29, 1.82) is 0 Å². The standard InChI is InChI=1S/C13H10F3N3OS/c14-13(15,16)10-5-1-2-6-11(10)18-12(21)19-17-8-9-4-3-7-20-9/h1-8H,(H2,18,19,21)/b17-8+. The van der Waals surface area contributed by atoms with E-state index in [4.69, 9.17) is 16.6 Å². The summed E-state index contributed by atoms with van der Waals surface area (Å²) in [5.74, 6) is 0.487. The van der Waals surface area contributed by atoms with Gasteiger partial charge in [0.2, 0.25) is 0 Å². The van der Waals surface area contributed by atoms with E-state index in [-0.39, 0.29) is 10.8 Å². The highest BCUT2D eigenvalue weighted by molar-refractivity contribution is 7.80. The number of para-hydroxylation sites is 1. The third-order valence-electron chi connectivity index (χ3n) is 2.38. The quantitative estimate of drug-likeness (QED) is 0.516. The first-order chi connectivity index (χ1) is 9.97. The van der Waals surface area contributed by atoms with Gasteiger partial charge in [-0.25, -0.2) is 0 Å². The maximum Gasteiger partial charge on any atom is 0.418 e. The zero-order valence-corrected chi connectivity index (χ0v) is 11.3. The lowest BCUT2D eigenvalue weighted by Crippen LogP contribution is -2.25. The van der Waals surface area contributed by atoms with Crippen molar-refractivity contribution in [1.82, 2.24) is 5.43 Å². The molecule has 21 heavy (non-hydrogen) atoms. The van der Waals surface area contributed by atoms with Crippen LogP contribution in [0.4, 0.5) is 18.9 Å². The van der Waals surface area contributed by atoms with Crippen molar-refractivity contribution in [2.45, 2.75) is 6.18 Å². The molecule has 2 aromatic rings. The molecule has 0 aliphatic carbocycles. The molecule has 2 N–H and O–H groups in total. The molecule has 1 aromatic carbocycles. The highest BCUT2D eigenvalue weighted by Crippen LogP contribution is 2.34. The fraction of sp³-hybridized carbons (Fsp3) is 0.0769. The molecule has 4 nitrogen and oxygen atoms in total. The van der Waals surface area contributed by atoms with E-state index >= 15 is 0 Å². The largest absolute Gasteiger partial charge is 0.463 e. The zero-order chi connectivity index (χ0) is 15.3. The molecule has 110 valence electrons. The van der Waals surface area contributed by atoms with E-state index in [0.717, 1.165) is 6.07 Å². The molecule has 0 bridgehead atoms. The molecule has 0 fully saturated rings. The Morgan fingerprint density at radius 1 is 1.19 bits per heavy atom. The predicted molar refractivity (Wildman–Crippen MR) is 77.1 cm³/mol. The van der Waals surface area contributed by atoms with Crippen LogP contribution in [0.15, 0.2) is 52.2 Å². The summed E-state index contributed by atoms with van der Waals surface area (Å²) < 4.78 is 43.4. The monoisotopic (exact) mass is 313 g/mol. The first kappa shape index (κ1) is 15.0. The normalized spacial score (nSPS) is 11.6. The number of hydrogen-bond donors (Lipinski definition) is 2. The minimum absolute atomic E-state index is 0.0606. The highest BCUT2D eigenvalue weighted by atomic mass is 32.1. The van der Waals surface area contributed by atoms with E-state index < -0.39 is 11.7 Å². The highest BCUT2D eigenvalue weighted by Gasteiger charge is 2.33. The van der Waals surface area contributed by atoms with Crippen LogP contribution in [0.2, 0.25) is 0 Å². The minimum atomic E-state index is -4.46. The molecule has 0 radical (unpaired) electrons. The van der Waals surface area contributed by atoms with Crippen LogP contribution in [-0.2, 0) is 6.18 Å². The summed E-state index contributed by atoms with van der Waals surface area (Å²) in [7, 11) is 0. The molecular weight excluding hydrogens is 303 g/mol. The molecule has 1 aromatic heterocycles. The van der Waals surface area contributed by atoms with E-state index in [0.29, 0.717) is 5.76 Å². The van der Waals surface area contributed by atoms with Gasteiger partial charge < -0.3 is 9.73 Å². The summed E-state index contributed by atoms with van der Waals surface area (Å²) in [6.07, 6.45) is -1.64. The minimum Gasteiger partial charge on any atom is -0.463 e. The van der Waals surface area contributed by atoms with E-state index in [1.54, 1.807) is 12.1 Å². The number of hydrogen-bond acceptors (Lipinski definition) is 3. The van der Waals surface area contributed by atoms with Crippen LogP contribution in [0, 0.1) is 0 Å². The average molecular weight is 313 g/mol. The van der Waals surface area contributed by atoms with Gasteiger partial charge in [-0.15, -0.1) is 0 Å². The second-order valence-electron chi connectivity index (χ2n) is 3.88. The van der Waals surface area contributed by atoms with Gasteiger partial charge in [-0.1, -0.05) is 12.1 Å². The molecule has 0 atom stereocenters. The number of furan rings is 1. The molecule has 0 spiro atoms. The third-order valence-corrected chi connectivity index (χ3v) is 2.58. The van der Waals surface area contributed by atoms with Gasteiger partial charge in [0.15, 0.2) is 5.11 Å². The molecule has 0 aliphatic heterocycles. The zero-order valence-electron chi connectivity index (χ0n) is 10.5. The molecule has 0 saturated carbocycles. The van der Waals surface area contributed by atoms with Crippen LogP contribution in [-0.4, -0.2) is 11.3 Å². The Kier molecular flexibility index (Phi) is 4.59. The lowest BCUT2D eigenvalue weighted by atomic mass is 10.2. The number of thiocarbonyl (C=S) groups is 1. The molecular formula is C13H10F3N3OS. The Hall–Kier alpha value is -2.35. The first-order valence-corrected chi connectivity index (χ1v) is 6.17. The molecule has 8 heteroatoms. The van der Waals surface area contributed by atoms with Crippen LogP contribution in [0.25, 0.3) is 0 Å². The summed E-state index contributed by atoms with van der Waals surface area (Å²) in [6, 6.07) is 8.38. The lowest BCUT2D eigenvalue weighted by Gasteiger charge is -2.14. The molecule has 0 unspecified atom stereocenters. The maximum atomic E-state index is 12.8. The molecule has 0 saturated heterocycles. The van der Waals surface area contributed by atoms with Gasteiger partial charge in [0.1, 0.15) is 5.76 Å². The number of alkyl halides is 3. The third kappa shape index (κ3) is 4.32. The Bertz CT molecular complexity index is 638. The summed E-state index contributed by atoms with van der Waals surface area (Å²) in [4.78, 5) is 0. The number of nitrogens with zero attached hydrogens (tertiary/aromatic N) is 1. The lowest BCUT2D eigenvalue weighted by molar-refractivity contribution is -0.136. The van der Waals surface area contributed by atoms with Gasteiger partial charge in [-0.05, 0) is 36.5 Å². The van der Waals surface area contributed by atoms with E-state index in [1.165, 1.54) is 30.7 Å². The van der Waals surface area contributed by atoms with Crippen molar-refractivity contribution in [3.63, 3.8) is 0 Å². The van der Waals surface area contributed by atoms with Crippen molar-refractivity contribution in [3.05, 3.63) is 54.0 Å². The summed E-state index contributed by atoms with van der Waals surface area (Å²) in [5, 5.41) is 6.14. The number of anilines is 1. The van der Waals surface area contributed by atoms with Crippen LogP contribution in [0.3, 0.4) is 0 Å². The van der Waals surface area contributed by atoms with Gasteiger partial charge in [0.25, 0.3) is 0 Å². The van der Waals surface area contributed by atoms with Crippen molar-refractivity contribution in [2.24, 2.45) is 5.10 Å². The maximum absolute atomic E-state index is 12.8. The van der Waals surface area contributed by atoms with Crippen LogP contribution < -0.4 is 10.7 Å². The van der Waals surface area contributed by atoms with Crippen LogP contribution >= 0.6 is 12.2 Å². The Labute approximate surface area is 123 Å². The fourth-order valence-corrected chi connectivity index (χ4v) is 1.67. The van der Waals surface area contributed by atoms with Gasteiger partial charge in [-0.2, -0.15) is 18.3 Å². The van der Waals surface area contributed by atoms with Gasteiger partial charge >= 0.3 is 6.18 Å². The average Bonchev–Trinajstić information content (AvgIpc) is 2.91. The van der Waals surface area contributed by atoms with E-state index in [9.17, 15) is 13.2 Å². The number of hydrazone groups is 1. The van der Waals surface area contributed by atoms with E-state index in [2.05, 4.69) is 15.8 Å². The fourth-order valence-electron chi connectivity index (χ4n) is 1.51. The van der Waals surface area contributed by atoms with Gasteiger partial charge in [-0.3, -0.25) is 5.43 Å². The Morgan fingerprint density at radius 2 is 1.95 bits per heavy atom. The van der Waals surface area contributed by atoms with Crippen molar-refractivity contribution < 1.29 is 17.6 Å². The number of nitrogens with one attached hydrogen (secondary N) is 2. The first-order valence-electron chi connectivity index (χ1n) is 5.76. The molecule has 2 rings (SSSR count). The van der Waals surface area contributed by atoms with Crippen LogP contribution in [0.5, 0.6) is 0 Å². The van der Waals surface area contributed by atoms with E-state index in [1.807, 2.05) is 0 Å². The second-order valence-corrected chi connectivity index (χ2v) is 4.29. The smallest absolute Gasteiger partial charge is 0.418 e. The van der Waals surface area contributed by atoms with Gasteiger partial charge in [0, 0.05) is 0 Å². The van der Waals surface area contributed by atoms with Crippen molar-refractivity contribution in [3.8, 4) is 0 Å². The SMILES string of the molecule is FC(F)(F)c1ccccc1NC(=S)N/N=C/c1ccco1. The number of benzene rings is 1. The van der Waals surface area contributed by atoms with Crippen LogP contribution in [0.1, 0.15) is 11.3 Å². The Balaban J connectivity index is 2.00.